The first kappa shape index (κ1) is 18.7. The molecule has 0 spiro atoms. The Bertz CT molecular complexity index is 825. The van der Waals surface area contributed by atoms with Gasteiger partial charge in [0.05, 0.1) is 13.5 Å². The van der Waals surface area contributed by atoms with Crippen LogP contribution >= 0.6 is 11.3 Å². The number of carboxylic acids is 1. The highest BCUT2D eigenvalue weighted by molar-refractivity contribution is 7.15. The van der Waals surface area contributed by atoms with Crippen LogP contribution in [0.2, 0.25) is 0 Å². The molecule has 6 nitrogen and oxygen atoms in total. The van der Waals surface area contributed by atoms with Crippen LogP contribution < -0.4 is 5.32 Å². The van der Waals surface area contributed by atoms with Crippen LogP contribution in [-0.4, -0.2) is 30.1 Å². The Kier molecular flexibility index (Phi) is 5.93. The quantitative estimate of drug-likeness (QED) is 0.767. The lowest BCUT2D eigenvalue weighted by Crippen LogP contribution is -2.15. The number of carbonyl (C=O) groups excluding carboxylic acids is 2. The molecule has 0 fully saturated rings. The van der Waals surface area contributed by atoms with E-state index in [1.54, 1.807) is 5.38 Å². The molecule has 1 aromatic heterocycles. The summed E-state index contributed by atoms with van der Waals surface area (Å²) in [5, 5.41) is 13.4. The highest BCUT2D eigenvalue weighted by Gasteiger charge is 2.22. The maximum Gasteiger partial charge on any atom is 0.341 e. The van der Waals surface area contributed by atoms with Gasteiger partial charge in [0, 0.05) is 17.4 Å². The van der Waals surface area contributed by atoms with Crippen molar-refractivity contribution in [1.82, 2.24) is 0 Å². The van der Waals surface area contributed by atoms with Crippen molar-refractivity contribution in [3.05, 3.63) is 40.3 Å². The van der Waals surface area contributed by atoms with Crippen LogP contribution in [0.5, 0.6) is 0 Å². The summed E-state index contributed by atoms with van der Waals surface area (Å²) < 4.78 is 4.85. The molecule has 0 unspecified atom stereocenters. The maximum absolute atomic E-state index is 12.2. The fraction of sp³-hybridized carbons (Fsp3) is 0.278. The molecule has 0 saturated carbocycles. The molecular weight excluding hydrogens is 342 g/mol. The van der Waals surface area contributed by atoms with Gasteiger partial charge in [-0.1, -0.05) is 18.2 Å². The average molecular weight is 361 g/mol. The third kappa shape index (κ3) is 4.45. The summed E-state index contributed by atoms with van der Waals surface area (Å²) in [6, 6.07) is 5.85. The van der Waals surface area contributed by atoms with Gasteiger partial charge in [0.25, 0.3) is 0 Å². The zero-order chi connectivity index (χ0) is 18.6. The van der Waals surface area contributed by atoms with Gasteiger partial charge in [0.2, 0.25) is 5.91 Å². The molecule has 7 heteroatoms. The van der Waals surface area contributed by atoms with E-state index in [2.05, 4.69) is 5.32 Å². The van der Waals surface area contributed by atoms with E-state index in [0.717, 1.165) is 16.7 Å². The van der Waals surface area contributed by atoms with Gasteiger partial charge in [0.15, 0.2) is 0 Å². The van der Waals surface area contributed by atoms with E-state index in [9.17, 15) is 14.4 Å². The number of amides is 1. The summed E-state index contributed by atoms with van der Waals surface area (Å²) in [6.45, 7) is 3.99. The fourth-order valence-corrected chi connectivity index (χ4v) is 3.26. The molecule has 0 radical (unpaired) electrons. The smallest absolute Gasteiger partial charge is 0.341 e. The Hall–Kier alpha value is -2.67. The number of rotatable bonds is 6. The van der Waals surface area contributed by atoms with Crippen molar-refractivity contribution in [1.29, 1.82) is 0 Å². The summed E-state index contributed by atoms with van der Waals surface area (Å²) in [5.41, 5.74) is 4.03. The predicted molar refractivity (Wildman–Crippen MR) is 96.1 cm³/mol. The van der Waals surface area contributed by atoms with Crippen molar-refractivity contribution in [3.8, 4) is 11.1 Å². The molecule has 1 aromatic carbocycles. The summed E-state index contributed by atoms with van der Waals surface area (Å²) in [7, 11) is 1.28. The van der Waals surface area contributed by atoms with Crippen LogP contribution in [0.15, 0.2) is 23.6 Å². The lowest BCUT2D eigenvalue weighted by molar-refractivity contribution is -0.138. The number of methoxy groups -OCH3 is 1. The standard InChI is InChI=1S/C18H19NO5S/c1-10-4-5-12(8-11(10)2)13-9-25-17(16(13)18(23)24-3)19-14(20)6-7-15(21)22/h4-5,8-9H,6-7H2,1-3H3,(H,19,20)(H,21,22). The average Bonchev–Trinajstić information content (AvgIpc) is 2.98. The minimum absolute atomic E-state index is 0.160. The van der Waals surface area contributed by atoms with Gasteiger partial charge in [-0.2, -0.15) is 0 Å². The number of hydrogen-bond acceptors (Lipinski definition) is 5. The Morgan fingerprint density at radius 2 is 1.88 bits per heavy atom. The van der Waals surface area contributed by atoms with E-state index in [1.807, 2.05) is 32.0 Å². The second-order valence-electron chi connectivity index (χ2n) is 5.59. The number of carbonyl (C=O) groups is 3. The molecule has 0 saturated heterocycles. The molecule has 0 aliphatic rings. The normalized spacial score (nSPS) is 10.4. The molecular formula is C18H19NO5S. The van der Waals surface area contributed by atoms with Crippen molar-refractivity contribution in [2.75, 3.05) is 12.4 Å². The lowest BCUT2D eigenvalue weighted by atomic mass is 9.99. The maximum atomic E-state index is 12.2. The fourth-order valence-electron chi connectivity index (χ4n) is 2.29. The lowest BCUT2D eigenvalue weighted by Gasteiger charge is -2.09. The number of anilines is 1. The molecule has 132 valence electrons. The molecule has 25 heavy (non-hydrogen) atoms. The van der Waals surface area contributed by atoms with Crippen molar-refractivity contribution in [2.24, 2.45) is 0 Å². The number of hydrogen-bond donors (Lipinski definition) is 2. The first-order chi connectivity index (χ1) is 11.8. The van der Waals surface area contributed by atoms with E-state index in [0.29, 0.717) is 10.6 Å². The zero-order valence-corrected chi connectivity index (χ0v) is 15.0. The number of esters is 1. The minimum atomic E-state index is -1.05. The van der Waals surface area contributed by atoms with Gasteiger partial charge in [-0.25, -0.2) is 4.79 Å². The molecule has 1 heterocycles. The number of aliphatic carboxylic acids is 1. The molecule has 0 bridgehead atoms. The second kappa shape index (κ2) is 7.94. The van der Waals surface area contributed by atoms with Gasteiger partial charge in [0.1, 0.15) is 10.6 Å². The topological polar surface area (TPSA) is 92.7 Å². The molecule has 0 aliphatic carbocycles. The van der Waals surface area contributed by atoms with Gasteiger partial charge in [-0.05, 0) is 30.5 Å². The van der Waals surface area contributed by atoms with E-state index in [1.165, 1.54) is 18.4 Å². The third-order valence-electron chi connectivity index (χ3n) is 3.82. The number of aryl methyl sites for hydroxylation is 2. The zero-order valence-electron chi connectivity index (χ0n) is 14.2. The summed E-state index contributed by atoms with van der Waals surface area (Å²) >= 11 is 1.21. The second-order valence-corrected chi connectivity index (χ2v) is 6.47. The van der Waals surface area contributed by atoms with Crippen molar-refractivity contribution in [2.45, 2.75) is 26.7 Å². The minimum Gasteiger partial charge on any atom is -0.481 e. The Morgan fingerprint density at radius 3 is 2.48 bits per heavy atom. The van der Waals surface area contributed by atoms with Crippen LogP contribution in [0.1, 0.15) is 34.3 Å². The van der Waals surface area contributed by atoms with Crippen LogP contribution in [0.25, 0.3) is 11.1 Å². The number of thiophene rings is 1. The number of nitrogens with one attached hydrogen (secondary N) is 1. The number of ether oxygens (including phenoxy) is 1. The third-order valence-corrected chi connectivity index (χ3v) is 4.71. The highest BCUT2D eigenvalue weighted by Crippen LogP contribution is 2.36. The molecule has 2 aromatic rings. The van der Waals surface area contributed by atoms with Crippen LogP contribution in [-0.2, 0) is 14.3 Å². The Balaban J connectivity index is 2.37. The van der Waals surface area contributed by atoms with Crippen LogP contribution in [0.4, 0.5) is 5.00 Å². The summed E-state index contributed by atoms with van der Waals surface area (Å²) in [5.74, 6) is -2.06. The monoisotopic (exact) mass is 361 g/mol. The van der Waals surface area contributed by atoms with E-state index in [-0.39, 0.29) is 18.4 Å². The molecule has 1 amide bonds. The van der Waals surface area contributed by atoms with E-state index in [4.69, 9.17) is 9.84 Å². The van der Waals surface area contributed by atoms with Crippen molar-refractivity contribution >= 4 is 34.2 Å². The van der Waals surface area contributed by atoms with Gasteiger partial charge in [-0.3, -0.25) is 9.59 Å². The van der Waals surface area contributed by atoms with Gasteiger partial charge in [-0.15, -0.1) is 11.3 Å². The van der Waals surface area contributed by atoms with Crippen LogP contribution in [0.3, 0.4) is 0 Å². The van der Waals surface area contributed by atoms with Gasteiger partial charge >= 0.3 is 11.9 Å². The number of benzene rings is 1. The number of carboxylic acid groups (broad SMARTS) is 1. The highest BCUT2D eigenvalue weighted by atomic mass is 32.1. The Morgan fingerprint density at radius 1 is 1.16 bits per heavy atom. The molecule has 2 N–H and O–H groups in total. The molecule has 2 rings (SSSR count). The Labute approximate surface area is 149 Å². The van der Waals surface area contributed by atoms with Crippen LogP contribution in [0, 0.1) is 13.8 Å². The molecule has 0 aliphatic heterocycles. The molecule has 0 atom stereocenters. The first-order valence-corrected chi connectivity index (χ1v) is 8.50. The van der Waals surface area contributed by atoms with E-state index < -0.39 is 17.8 Å². The largest absolute Gasteiger partial charge is 0.481 e. The summed E-state index contributed by atoms with van der Waals surface area (Å²) in [6.07, 6.45) is -0.429. The predicted octanol–water partition coefficient (Wildman–Crippen LogP) is 3.62. The first-order valence-electron chi connectivity index (χ1n) is 7.62. The van der Waals surface area contributed by atoms with Gasteiger partial charge < -0.3 is 15.2 Å². The summed E-state index contributed by atoms with van der Waals surface area (Å²) in [4.78, 5) is 34.7. The SMILES string of the molecule is COC(=O)c1c(-c2ccc(C)c(C)c2)csc1NC(=O)CCC(=O)O. The van der Waals surface area contributed by atoms with Crippen molar-refractivity contribution in [3.63, 3.8) is 0 Å². The van der Waals surface area contributed by atoms with E-state index >= 15 is 0 Å². The van der Waals surface area contributed by atoms with Crippen molar-refractivity contribution < 1.29 is 24.2 Å².